The Morgan fingerprint density at radius 3 is 2.74 bits per heavy atom. The van der Waals surface area contributed by atoms with Crippen molar-refractivity contribution in [1.29, 1.82) is 0 Å². The molecule has 1 rings (SSSR count). The molecule has 0 aliphatic carbocycles. The molecule has 0 aliphatic rings. The van der Waals surface area contributed by atoms with Crippen LogP contribution in [0.25, 0.3) is 0 Å². The first-order valence-corrected chi connectivity index (χ1v) is 6.32. The average molecular weight is 265 g/mol. The van der Waals surface area contributed by atoms with E-state index in [1.165, 1.54) is 6.20 Å². The number of carbonyl (C=O) groups is 2. The molecule has 0 aliphatic heterocycles. The normalized spacial score (nSPS) is 11.7. The largest absolute Gasteiger partial charge is 0.480 e. The Bertz CT molecular complexity index is 449. The fraction of sp³-hybridized carbons (Fsp3) is 0.462. The Balaban J connectivity index is 2.81. The summed E-state index contributed by atoms with van der Waals surface area (Å²) >= 11 is 0. The fourth-order valence-electron chi connectivity index (χ4n) is 1.64. The van der Waals surface area contributed by atoms with E-state index >= 15 is 0 Å². The van der Waals surface area contributed by atoms with Crippen molar-refractivity contribution in [2.75, 3.05) is 11.9 Å². The van der Waals surface area contributed by atoms with Gasteiger partial charge in [-0.1, -0.05) is 13.3 Å². The zero-order chi connectivity index (χ0) is 14.3. The van der Waals surface area contributed by atoms with Gasteiger partial charge in [0.2, 0.25) is 0 Å². The topological polar surface area (TPSA) is 91.3 Å². The van der Waals surface area contributed by atoms with E-state index in [2.05, 4.69) is 15.6 Å². The summed E-state index contributed by atoms with van der Waals surface area (Å²) in [7, 11) is 0. The minimum absolute atomic E-state index is 0.270. The van der Waals surface area contributed by atoms with E-state index in [1.54, 1.807) is 12.1 Å². The Hall–Kier alpha value is -2.11. The third kappa shape index (κ3) is 4.57. The summed E-state index contributed by atoms with van der Waals surface area (Å²) in [6, 6.07) is 2.54. The van der Waals surface area contributed by atoms with Crippen LogP contribution in [0.3, 0.4) is 0 Å². The van der Waals surface area contributed by atoms with Gasteiger partial charge in [-0.05, 0) is 25.5 Å². The maximum absolute atomic E-state index is 11.6. The molecular weight excluding hydrogens is 246 g/mol. The van der Waals surface area contributed by atoms with Gasteiger partial charge >= 0.3 is 5.97 Å². The molecule has 1 aromatic heterocycles. The van der Waals surface area contributed by atoms with Crippen LogP contribution in [0.5, 0.6) is 0 Å². The number of carboxylic acids is 1. The maximum atomic E-state index is 11.6. The minimum atomic E-state index is -0.904. The van der Waals surface area contributed by atoms with Gasteiger partial charge in [0.05, 0.1) is 0 Å². The van der Waals surface area contributed by atoms with Gasteiger partial charge in [0.15, 0.2) is 0 Å². The number of aromatic nitrogens is 1. The number of hydrogen-bond donors (Lipinski definition) is 3. The highest BCUT2D eigenvalue weighted by Gasteiger charge is 2.16. The van der Waals surface area contributed by atoms with E-state index in [1.807, 2.05) is 13.8 Å². The monoisotopic (exact) mass is 265 g/mol. The molecule has 1 amide bonds. The predicted molar refractivity (Wildman–Crippen MR) is 72.2 cm³/mol. The van der Waals surface area contributed by atoms with E-state index in [0.29, 0.717) is 18.7 Å². The quantitative estimate of drug-likeness (QED) is 0.695. The van der Waals surface area contributed by atoms with E-state index in [4.69, 9.17) is 5.11 Å². The molecule has 0 aromatic carbocycles. The van der Waals surface area contributed by atoms with Crippen molar-refractivity contribution in [3.63, 3.8) is 0 Å². The van der Waals surface area contributed by atoms with Crippen LogP contribution in [0.15, 0.2) is 18.3 Å². The van der Waals surface area contributed by atoms with E-state index < -0.39 is 12.0 Å². The highest BCUT2D eigenvalue weighted by molar-refractivity contribution is 5.93. The molecule has 0 spiro atoms. The van der Waals surface area contributed by atoms with Crippen LogP contribution in [-0.4, -0.2) is 34.6 Å². The smallest absolute Gasteiger partial charge is 0.326 e. The lowest BCUT2D eigenvalue weighted by Gasteiger charge is -2.15. The van der Waals surface area contributed by atoms with Gasteiger partial charge in [-0.3, -0.25) is 9.78 Å². The van der Waals surface area contributed by atoms with Crippen molar-refractivity contribution >= 4 is 17.6 Å². The number of carbonyl (C=O) groups excluding carboxylic acids is 1. The van der Waals surface area contributed by atoms with E-state index in [-0.39, 0.29) is 11.6 Å². The Kier molecular flexibility index (Phi) is 5.78. The number of nitrogens with zero attached hydrogens (tertiary/aromatic N) is 1. The number of carboxylic acid groups (broad SMARTS) is 1. The number of amides is 1. The van der Waals surface area contributed by atoms with Crippen molar-refractivity contribution in [2.45, 2.75) is 32.7 Å². The molecule has 1 aromatic rings. The molecule has 1 heterocycles. The predicted octanol–water partition coefficient (Wildman–Crippen LogP) is 1.50. The van der Waals surface area contributed by atoms with Gasteiger partial charge in [-0.25, -0.2) is 4.79 Å². The lowest BCUT2D eigenvalue weighted by Crippen LogP contribution is -2.29. The number of nitrogens with one attached hydrogen (secondary N) is 2. The summed E-state index contributed by atoms with van der Waals surface area (Å²) in [6.07, 6.45) is 2.77. The third-order valence-electron chi connectivity index (χ3n) is 2.55. The van der Waals surface area contributed by atoms with Crippen molar-refractivity contribution in [1.82, 2.24) is 10.3 Å². The van der Waals surface area contributed by atoms with Crippen molar-refractivity contribution in [2.24, 2.45) is 0 Å². The van der Waals surface area contributed by atoms with Gasteiger partial charge in [-0.2, -0.15) is 0 Å². The maximum Gasteiger partial charge on any atom is 0.326 e. The second-order valence-electron chi connectivity index (χ2n) is 4.11. The Labute approximate surface area is 112 Å². The van der Waals surface area contributed by atoms with Crippen LogP contribution in [0, 0.1) is 0 Å². The number of hydrogen-bond acceptors (Lipinski definition) is 4. The van der Waals surface area contributed by atoms with E-state index in [0.717, 1.165) is 6.42 Å². The van der Waals surface area contributed by atoms with Crippen molar-refractivity contribution < 1.29 is 14.7 Å². The summed E-state index contributed by atoms with van der Waals surface area (Å²) in [5.74, 6) is -1.17. The lowest BCUT2D eigenvalue weighted by atomic mass is 10.1. The van der Waals surface area contributed by atoms with Gasteiger partial charge in [0.25, 0.3) is 5.91 Å². The molecule has 0 bridgehead atoms. The van der Waals surface area contributed by atoms with Crippen LogP contribution < -0.4 is 10.6 Å². The molecule has 6 heteroatoms. The third-order valence-corrected chi connectivity index (χ3v) is 2.55. The summed E-state index contributed by atoms with van der Waals surface area (Å²) in [5.41, 5.74) is 0.851. The minimum Gasteiger partial charge on any atom is -0.480 e. The standard InChI is InChI=1S/C13H19N3O3/c1-3-5-10(13(18)19)16-9-6-7-15-11(8-9)12(17)14-4-2/h6-8,10H,3-5H2,1-2H3,(H,14,17)(H,15,16)(H,18,19). The van der Waals surface area contributed by atoms with Crippen LogP contribution in [0.1, 0.15) is 37.2 Å². The molecule has 6 nitrogen and oxygen atoms in total. The first-order valence-electron chi connectivity index (χ1n) is 6.32. The molecule has 1 atom stereocenters. The first kappa shape index (κ1) is 14.9. The van der Waals surface area contributed by atoms with Crippen molar-refractivity contribution in [3.05, 3.63) is 24.0 Å². The van der Waals surface area contributed by atoms with Gasteiger partial charge in [-0.15, -0.1) is 0 Å². The lowest BCUT2D eigenvalue weighted by molar-refractivity contribution is -0.138. The van der Waals surface area contributed by atoms with Crippen LogP contribution >= 0.6 is 0 Å². The molecule has 3 N–H and O–H groups in total. The molecule has 1 unspecified atom stereocenters. The molecule has 0 radical (unpaired) electrons. The molecule has 19 heavy (non-hydrogen) atoms. The summed E-state index contributed by atoms with van der Waals surface area (Å²) in [6.45, 7) is 4.26. The van der Waals surface area contributed by atoms with E-state index in [9.17, 15) is 9.59 Å². The second-order valence-corrected chi connectivity index (χ2v) is 4.11. The number of aliphatic carboxylic acids is 1. The molecule has 0 saturated heterocycles. The van der Waals surface area contributed by atoms with Crippen LogP contribution in [0.2, 0.25) is 0 Å². The first-order chi connectivity index (χ1) is 9.08. The average Bonchev–Trinajstić information content (AvgIpc) is 2.39. The Morgan fingerprint density at radius 1 is 1.42 bits per heavy atom. The molecule has 0 fully saturated rings. The van der Waals surface area contributed by atoms with Crippen LogP contribution in [-0.2, 0) is 4.79 Å². The summed E-state index contributed by atoms with van der Waals surface area (Å²) in [5, 5.41) is 14.6. The van der Waals surface area contributed by atoms with Gasteiger partial charge in [0, 0.05) is 18.4 Å². The number of anilines is 1. The number of pyridine rings is 1. The van der Waals surface area contributed by atoms with Crippen molar-refractivity contribution in [3.8, 4) is 0 Å². The fourth-order valence-corrected chi connectivity index (χ4v) is 1.64. The second kappa shape index (κ2) is 7.35. The highest BCUT2D eigenvalue weighted by atomic mass is 16.4. The van der Waals surface area contributed by atoms with Crippen LogP contribution in [0.4, 0.5) is 5.69 Å². The number of rotatable bonds is 7. The molecule has 0 saturated carbocycles. The van der Waals surface area contributed by atoms with Gasteiger partial charge in [0.1, 0.15) is 11.7 Å². The zero-order valence-corrected chi connectivity index (χ0v) is 11.1. The van der Waals surface area contributed by atoms with Gasteiger partial charge < -0.3 is 15.7 Å². The SMILES string of the molecule is CCCC(Nc1ccnc(C(=O)NCC)c1)C(=O)O. The summed E-state index contributed by atoms with van der Waals surface area (Å²) < 4.78 is 0. The Morgan fingerprint density at radius 2 is 2.16 bits per heavy atom. The molecule has 104 valence electrons. The molecular formula is C13H19N3O3. The summed E-state index contributed by atoms with van der Waals surface area (Å²) in [4.78, 5) is 26.6. The highest BCUT2D eigenvalue weighted by Crippen LogP contribution is 2.12. The zero-order valence-electron chi connectivity index (χ0n) is 11.1.